The molecule has 0 unspecified atom stereocenters. The Kier molecular flexibility index (Phi) is 7.94. The first kappa shape index (κ1) is 22.7. The van der Waals surface area contributed by atoms with Gasteiger partial charge in [0.15, 0.2) is 16.8 Å². The van der Waals surface area contributed by atoms with Gasteiger partial charge in [-0.05, 0) is 30.7 Å². The third-order valence-electron chi connectivity index (χ3n) is 4.79. The molecule has 1 heterocycles. The third-order valence-corrected chi connectivity index (χ3v) is 5.72. The molecule has 0 amide bonds. The fourth-order valence-electron chi connectivity index (χ4n) is 3.13. The minimum atomic E-state index is -0.154. The van der Waals surface area contributed by atoms with Gasteiger partial charge >= 0.3 is 0 Å². The summed E-state index contributed by atoms with van der Waals surface area (Å²) in [7, 11) is 0. The van der Waals surface area contributed by atoms with Gasteiger partial charge in [-0.3, -0.25) is 0 Å². The van der Waals surface area contributed by atoms with Gasteiger partial charge in [-0.15, -0.1) is 0 Å². The predicted octanol–water partition coefficient (Wildman–Crippen LogP) is 5.48. The van der Waals surface area contributed by atoms with Crippen LogP contribution in [0.5, 0.6) is 23.0 Å². The quantitative estimate of drug-likeness (QED) is 0.241. The lowest BCUT2D eigenvalue weighted by Crippen LogP contribution is -2.00. The van der Waals surface area contributed by atoms with Crippen LogP contribution in [-0.4, -0.2) is 41.1 Å². The van der Waals surface area contributed by atoms with Crippen LogP contribution in [0.4, 0.5) is 0 Å². The summed E-state index contributed by atoms with van der Waals surface area (Å²) < 4.78 is 0. The number of aromatic hydroxyl groups is 4. The number of thioether (sulfide) groups is 1. The average Bonchev–Trinajstić information content (AvgIpc) is 2.73. The Morgan fingerprint density at radius 1 is 0.677 bits per heavy atom. The van der Waals surface area contributed by atoms with Crippen LogP contribution >= 0.6 is 11.8 Å². The van der Waals surface area contributed by atoms with Gasteiger partial charge in [-0.2, -0.15) is 0 Å². The smallest absolute Gasteiger partial charge is 0.191 e. The van der Waals surface area contributed by atoms with E-state index in [1.54, 1.807) is 0 Å². The maximum Gasteiger partial charge on any atom is 0.191 e. The van der Waals surface area contributed by atoms with Gasteiger partial charge in [0.2, 0.25) is 0 Å². The molecule has 31 heavy (non-hydrogen) atoms. The molecule has 3 aromatic rings. The molecule has 0 saturated heterocycles. The Hall–Kier alpha value is -3.00. The van der Waals surface area contributed by atoms with Crippen LogP contribution in [0, 0.1) is 0 Å². The van der Waals surface area contributed by atoms with Crippen LogP contribution < -0.4 is 0 Å². The lowest BCUT2D eigenvalue weighted by atomic mass is 10.1. The number of benzene rings is 2. The van der Waals surface area contributed by atoms with Crippen LogP contribution in [-0.2, 0) is 0 Å². The van der Waals surface area contributed by atoms with Gasteiger partial charge < -0.3 is 20.4 Å². The van der Waals surface area contributed by atoms with Crippen LogP contribution in [0.3, 0.4) is 0 Å². The minimum Gasteiger partial charge on any atom is -0.508 e. The number of hydrogen-bond donors (Lipinski definition) is 4. The van der Waals surface area contributed by atoms with E-state index >= 15 is 0 Å². The van der Waals surface area contributed by atoms with Gasteiger partial charge in [-0.25, -0.2) is 15.0 Å². The molecular weight excluding hydrogens is 414 g/mol. The molecule has 0 radical (unpaired) electrons. The molecule has 0 aliphatic rings. The molecule has 0 atom stereocenters. The SMILES string of the molecule is CCCCCCCCSc1nc(-c2ccc(O)cc2O)nc(-c2ccc(O)cc2O)n1. The van der Waals surface area contributed by atoms with Crippen LogP contribution in [0.25, 0.3) is 22.8 Å². The minimum absolute atomic E-state index is 0.0654. The van der Waals surface area contributed by atoms with Crippen molar-refractivity contribution in [3.05, 3.63) is 36.4 Å². The van der Waals surface area contributed by atoms with E-state index in [-0.39, 0.29) is 34.6 Å². The molecular formula is C23H27N3O4S. The fraction of sp³-hybridized carbons (Fsp3) is 0.348. The number of aromatic nitrogens is 3. The highest BCUT2D eigenvalue weighted by molar-refractivity contribution is 7.99. The van der Waals surface area contributed by atoms with Crippen molar-refractivity contribution in [3.8, 4) is 45.8 Å². The van der Waals surface area contributed by atoms with E-state index in [9.17, 15) is 20.4 Å². The maximum absolute atomic E-state index is 10.3. The summed E-state index contributed by atoms with van der Waals surface area (Å²) in [5, 5.41) is 40.2. The molecule has 4 N–H and O–H groups in total. The molecule has 7 nitrogen and oxygen atoms in total. The Morgan fingerprint density at radius 3 is 1.71 bits per heavy atom. The maximum atomic E-state index is 10.3. The second-order valence-corrected chi connectivity index (χ2v) is 8.35. The van der Waals surface area contributed by atoms with Crippen molar-refractivity contribution in [2.45, 2.75) is 50.6 Å². The zero-order valence-corrected chi connectivity index (χ0v) is 18.3. The molecule has 0 fully saturated rings. The largest absolute Gasteiger partial charge is 0.508 e. The van der Waals surface area contributed by atoms with Gasteiger partial charge in [-0.1, -0.05) is 50.8 Å². The van der Waals surface area contributed by atoms with Crippen molar-refractivity contribution in [1.29, 1.82) is 0 Å². The fourth-order valence-corrected chi connectivity index (χ4v) is 3.96. The molecule has 0 aliphatic carbocycles. The molecule has 3 rings (SSSR count). The van der Waals surface area contributed by atoms with Crippen molar-refractivity contribution in [2.24, 2.45) is 0 Å². The van der Waals surface area contributed by atoms with Crippen molar-refractivity contribution >= 4 is 11.8 Å². The molecule has 0 spiro atoms. The van der Waals surface area contributed by atoms with Crippen molar-refractivity contribution in [2.75, 3.05) is 5.75 Å². The van der Waals surface area contributed by atoms with Crippen LogP contribution in [0.15, 0.2) is 41.6 Å². The summed E-state index contributed by atoms with van der Waals surface area (Å²) in [6.45, 7) is 2.20. The lowest BCUT2D eigenvalue weighted by Gasteiger charge is -2.10. The van der Waals surface area contributed by atoms with Gasteiger partial charge in [0.25, 0.3) is 0 Å². The predicted molar refractivity (Wildman–Crippen MR) is 121 cm³/mol. The van der Waals surface area contributed by atoms with E-state index in [0.29, 0.717) is 16.3 Å². The van der Waals surface area contributed by atoms with E-state index in [4.69, 9.17) is 0 Å². The van der Waals surface area contributed by atoms with E-state index in [0.717, 1.165) is 18.6 Å². The average molecular weight is 442 g/mol. The molecule has 2 aromatic carbocycles. The van der Waals surface area contributed by atoms with E-state index in [1.165, 1.54) is 73.8 Å². The second kappa shape index (κ2) is 10.9. The van der Waals surface area contributed by atoms with Gasteiger partial charge in [0, 0.05) is 17.9 Å². The Morgan fingerprint density at radius 2 is 1.19 bits per heavy atom. The number of hydrogen-bond acceptors (Lipinski definition) is 8. The molecule has 0 bridgehead atoms. The first-order valence-electron chi connectivity index (χ1n) is 10.4. The normalized spacial score (nSPS) is 11.0. The summed E-state index contributed by atoms with van der Waals surface area (Å²) in [6.07, 6.45) is 7.14. The first-order chi connectivity index (χ1) is 15.0. The lowest BCUT2D eigenvalue weighted by molar-refractivity contribution is 0.451. The Labute approximate surface area is 185 Å². The second-order valence-electron chi connectivity index (χ2n) is 7.28. The van der Waals surface area contributed by atoms with Gasteiger partial charge in [0.1, 0.15) is 23.0 Å². The molecule has 164 valence electrons. The van der Waals surface area contributed by atoms with Gasteiger partial charge in [0.05, 0.1) is 11.1 Å². The molecule has 0 aliphatic heterocycles. The van der Waals surface area contributed by atoms with Crippen molar-refractivity contribution in [1.82, 2.24) is 15.0 Å². The van der Waals surface area contributed by atoms with E-state index in [2.05, 4.69) is 21.9 Å². The first-order valence-corrected chi connectivity index (χ1v) is 11.4. The summed E-state index contributed by atoms with van der Waals surface area (Å²) in [5.74, 6) is 0.880. The van der Waals surface area contributed by atoms with Crippen molar-refractivity contribution < 1.29 is 20.4 Å². The summed E-state index contributed by atoms with van der Waals surface area (Å²) in [5.41, 5.74) is 0.697. The highest BCUT2D eigenvalue weighted by Crippen LogP contribution is 2.35. The Bertz CT molecular complexity index is 960. The zero-order valence-electron chi connectivity index (χ0n) is 17.5. The molecule has 0 saturated carbocycles. The highest BCUT2D eigenvalue weighted by atomic mass is 32.2. The van der Waals surface area contributed by atoms with E-state index < -0.39 is 0 Å². The number of phenolic OH excluding ortho intramolecular Hbond substituents is 4. The third kappa shape index (κ3) is 6.24. The standard InChI is InChI=1S/C23H27N3O4S/c1-2-3-4-5-6-7-12-31-23-25-21(17-10-8-15(27)13-19(17)29)24-22(26-23)18-11-9-16(28)14-20(18)30/h8-11,13-14,27-30H,2-7,12H2,1H3. The van der Waals surface area contributed by atoms with Crippen LogP contribution in [0.2, 0.25) is 0 Å². The molecule has 8 heteroatoms. The number of unbranched alkanes of at least 4 members (excludes halogenated alkanes) is 5. The number of phenols is 4. The van der Waals surface area contributed by atoms with Crippen molar-refractivity contribution in [3.63, 3.8) is 0 Å². The Balaban J connectivity index is 1.87. The summed E-state index contributed by atoms with van der Waals surface area (Å²) in [4.78, 5) is 13.4. The highest BCUT2D eigenvalue weighted by Gasteiger charge is 2.16. The van der Waals surface area contributed by atoms with Crippen LogP contribution in [0.1, 0.15) is 45.4 Å². The summed E-state index contributed by atoms with van der Waals surface area (Å²) >= 11 is 1.50. The monoisotopic (exact) mass is 441 g/mol. The number of nitrogens with zero attached hydrogens (tertiary/aromatic N) is 3. The van der Waals surface area contributed by atoms with E-state index in [1.807, 2.05) is 0 Å². The number of rotatable bonds is 10. The molecule has 1 aromatic heterocycles. The zero-order chi connectivity index (χ0) is 22.2. The summed E-state index contributed by atoms with van der Waals surface area (Å²) in [6, 6.07) is 8.39. The topological polar surface area (TPSA) is 120 Å².